The first-order valence-corrected chi connectivity index (χ1v) is 9.23. The summed E-state index contributed by atoms with van der Waals surface area (Å²) in [5.41, 5.74) is 0.188. The van der Waals surface area contributed by atoms with Crippen molar-refractivity contribution >= 4 is 11.7 Å². The molecule has 0 N–H and O–H groups in total. The van der Waals surface area contributed by atoms with Crippen LogP contribution in [0.15, 0.2) is 57.8 Å². The van der Waals surface area contributed by atoms with Crippen LogP contribution in [-0.4, -0.2) is 47.1 Å². The van der Waals surface area contributed by atoms with E-state index < -0.39 is 5.41 Å². The highest BCUT2D eigenvalue weighted by Crippen LogP contribution is 2.50. The molecule has 2 fully saturated rings. The van der Waals surface area contributed by atoms with Gasteiger partial charge in [0.15, 0.2) is 5.76 Å². The van der Waals surface area contributed by atoms with Crippen molar-refractivity contribution in [2.45, 2.75) is 18.3 Å². The maximum atomic E-state index is 13.2. The minimum atomic E-state index is -0.526. The average molecular weight is 364 g/mol. The normalized spacial score (nSPS) is 18.5. The first-order chi connectivity index (χ1) is 13.3. The Morgan fingerprint density at radius 3 is 2.56 bits per heavy atom. The molecule has 138 valence electrons. The van der Waals surface area contributed by atoms with Gasteiger partial charge in [-0.2, -0.15) is 0 Å². The molecule has 2 aliphatic rings. The van der Waals surface area contributed by atoms with Crippen LogP contribution in [0.1, 0.15) is 18.5 Å². The van der Waals surface area contributed by atoms with Crippen molar-refractivity contribution in [3.63, 3.8) is 0 Å². The number of hydrogen-bond acceptors (Lipinski definition) is 6. The lowest BCUT2D eigenvalue weighted by Gasteiger charge is -2.36. The third kappa shape index (κ3) is 2.79. The number of pyridine rings is 1. The average Bonchev–Trinajstić information content (AvgIpc) is 3.12. The molecular weight excluding hydrogens is 344 g/mol. The first-order valence-electron chi connectivity index (χ1n) is 9.23. The fraction of sp³-hybridized carbons (Fsp3) is 0.350. The van der Waals surface area contributed by atoms with Crippen molar-refractivity contribution in [1.29, 1.82) is 0 Å². The predicted octanol–water partition coefficient (Wildman–Crippen LogP) is 2.71. The number of carbonyl (C=O) groups excluding carboxylic acids is 1. The zero-order chi connectivity index (χ0) is 18.3. The summed E-state index contributed by atoms with van der Waals surface area (Å²) in [6, 6.07) is 11.4. The van der Waals surface area contributed by atoms with E-state index in [0.29, 0.717) is 30.3 Å². The largest absolute Gasteiger partial charge is 0.461 e. The van der Waals surface area contributed by atoms with Gasteiger partial charge in [0.2, 0.25) is 11.7 Å². The van der Waals surface area contributed by atoms with E-state index in [1.54, 1.807) is 18.5 Å². The second-order valence-electron chi connectivity index (χ2n) is 7.10. The smallest absolute Gasteiger partial charge is 0.235 e. The molecule has 1 aliphatic heterocycles. The van der Waals surface area contributed by atoms with E-state index in [1.807, 2.05) is 35.2 Å². The SMILES string of the molecule is O=C(N1CCN(c2ccccn2)CC1)C1(c2cc(-c3ccco3)on2)CC1. The van der Waals surface area contributed by atoms with Gasteiger partial charge in [0, 0.05) is 38.4 Å². The monoisotopic (exact) mass is 364 g/mol. The maximum Gasteiger partial charge on any atom is 0.235 e. The third-order valence-corrected chi connectivity index (χ3v) is 5.46. The number of furan rings is 1. The Hall–Kier alpha value is -3.09. The maximum absolute atomic E-state index is 13.2. The second kappa shape index (κ2) is 6.26. The molecule has 0 atom stereocenters. The zero-order valence-electron chi connectivity index (χ0n) is 14.9. The summed E-state index contributed by atoms with van der Waals surface area (Å²) in [6.45, 7) is 2.96. The minimum Gasteiger partial charge on any atom is -0.461 e. The van der Waals surface area contributed by atoms with Crippen molar-refractivity contribution in [3.05, 3.63) is 54.6 Å². The van der Waals surface area contributed by atoms with Crippen molar-refractivity contribution in [3.8, 4) is 11.5 Å². The molecule has 1 saturated carbocycles. The molecule has 0 aromatic carbocycles. The van der Waals surface area contributed by atoms with Crippen LogP contribution in [0.5, 0.6) is 0 Å². The van der Waals surface area contributed by atoms with Crippen LogP contribution in [0.4, 0.5) is 5.82 Å². The van der Waals surface area contributed by atoms with Gasteiger partial charge in [-0.1, -0.05) is 11.2 Å². The number of piperazine rings is 1. The number of anilines is 1. The molecule has 4 heterocycles. The molecule has 1 saturated heterocycles. The molecule has 7 heteroatoms. The summed E-state index contributed by atoms with van der Waals surface area (Å²) in [7, 11) is 0. The first kappa shape index (κ1) is 16.1. The number of hydrogen-bond donors (Lipinski definition) is 0. The van der Waals surface area contributed by atoms with Gasteiger partial charge in [-0.3, -0.25) is 4.79 Å². The molecule has 1 aliphatic carbocycles. The Morgan fingerprint density at radius 1 is 1.04 bits per heavy atom. The summed E-state index contributed by atoms with van der Waals surface area (Å²) in [6.07, 6.45) is 5.02. The standard InChI is InChI=1S/C20H20N4O3/c25-19(24-11-9-23(10-12-24)18-5-1-2-8-21-18)20(6-7-20)17-14-16(27-22-17)15-4-3-13-26-15/h1-5,8,13-14H,6-7,9-12H2. The zero-order valence-corrected chi connectivity index (χ0v) is 14.9. The summed E-state index contributed by atoms with van der Waals surface area (Å²) in [4.78, 5) is 21.8. The molecular formula is C20H20N4O3. The quantitative estimate of drug-likeness (QED) is 0.709. The predicted molar refractivity (Wildman–Crippen MR) is 98.1 cm³/mol. The lowest BCUT2D eigenvalue weighted by molar-refractivity contribution is -0.134. The lowest BCUT2D eigenvalue weighted by atomic mass is 9.99. The van der Waals surface area contributed by atoms with Gasteiger partial charge >= 0.3 is 0 Å². The van der Waals surface area contributed by atoms with Crippen LogP contribution < -0.4 is 4.90 Å². The summed E-state index contributed by atoms with van der Waals surface area (Å²) in [5.74, 6) is 2.31. The summed E-state index contributed by atoms with van der Waals surface area (Å²) < 4.78 is 10.8. The van der Waals surface area contributed by atoms with Crippen LogP contribution in [0.25, 0.3) is 11.5 Å². The van der Waals surface area contributed by atoms with Gasteiger partial charge in [-0.15, -0.1) is 0 Å². The molecule has 0 bridgehead atoms. The van der Waals surface area contributed by atoms with Gasteiger partial charge in [0.05, 0.1) is 17.4 Å². The van der Waals surface area contributed by atoms with E-state index in [4.69, 9.17) is 8.94 Å². The number of amides is 1. The highest BCUT2D eigenvalue weighted by Gasteiger charge is 2.55. The number of carbonyl (C=O) groups is 1. The van der Waals surface area contributed by atoms with Crippen molar-refractivity contribution in [2.75, 3.05) is 31.1 Å². The highest BCUT2D eigenvalue weighted by molar-refractivity contribution is 5.91. The molecule has 3 aromatic rings. The van der Waals surface area contributed by atoms with Crippen molar-refractivity contribution in [2.24, 2.45) is 0 Å². The van der Waals surface area contributed by atoms with Gasteiger partial charge in [0.25, 0.3) is 0 Å². The minimum absolute atomic E-state index is 0.155. The van der Waals surface area contributed by atoms with Crippen LogP contribution >= 0.6 is 0 Å². The number of aromatic nitrogens is 2. The second-order valence-corrected chi connectivity index (χ2v) is 7.10. The van der Waals surface area contributed by atoms with Gasteiger partial charge in [-0.25, -0.2) is 4.98 Å². The highest BCUT2D eigenvalue weighted by atomic mass is 16.5. The van der Waals surface area contributed by atoms with Crippen LogP contribution in [0.3, 0.4) is 0 Å². The lowest BCUT2D eigenvalue weighted by Crippen LogP contribution is -2.51. The number of rotatable bonds is 4. The van der Waals surface area contributed by atoms with E-state index in [2.05, 4.69) is 15.0 Å². The summed E-state index contributed by atoms with van der Waals surface area (Å²) in [5, 5.41) is 4.18. The Bertz CT molecular complexity index is 923. The van der Waals surface area contributed by atoms with E-state index in [1.165, 1.54) is 0 Å². The molecule has 0 unspecified atom stereocenters. The van der Waals surface area contributed by atoms with Gasteiger partial charge in [0.1, 0.15) is 5.82 Å². The number of nitrogens with zero attached hydrogens (tertiary/aromatic N) is 4. The molecule has 1 amide bonds. The molecule has 27 heavy (non-hydrogen) atoms. The Labute approximate surface area is 156 Å². The fourth-order valence-electron chi connectivity index (χ4n) is 3.72. The summed E-state index contributed by atoms with van der Waals surface area (Å²) >= 11 is 0. The fourth-order valence-corrected chi connectivity index (χ4v) is 3.72. The molecule has 0 radical (unpaired) electrons. The van der Waals surface area contributed by atoms with E-state index in [-0.39, 0.29) is 5.91 Å². The molecule has 3 aromatic heterocycles. The van der Waals surface area contributed by atoms with Crippen LogP contribution in [0, 0.1) is 0 Å². The van der Waals surface area contributed by atoms with Crippen LogP contribution in [-0.2, 0) is 10.2 Å². The van der Waals surface area contributed by atoms with E-state index in [9.17, 15) is 4.79 Å². The van der Waals surface area contributed by atoms with E-state index >= 15 is 0 Å². The molecule has 7 nitrogen and oxygen atoms in total. The third-order valence-electron chi connectivity index (χ3n) is 5.46. The van der Waals surface area contributed by atoms with Gasteiger partial charge in [-0.05, 0) is 37.1 Å². The van der Waals surface area contributed by atoms with E-state index in [0.717, 1.165) is 31.7 Å². The Balaban J connectivity index is 1.29. The Morgan fingerprint density at radius 2 is 1.89 bits per heavy atom. The van der Waals surface area contributed by atoms with Gasteiger partial charge < -0.3 is 18.7 Å². The topological polar surface area (TPSA) is 75.6 Å². The Kier molecular flexibility index (Phi) is 3.74. The van der Waals surface area contributed by atoms with Crippen molar-refractivity contribution < 1.29 is 13.7 Å². The molecule has 5 rings (SSSR count). The molecule has 0 spiro atoms. The van der Waals surface area contributed by atoms with Crippen molar-refractivity contribution in [1.82, 2.24) is 15.0 Å². The van der Waals surface area contributed by atoms with Crippen LogP contribution in [0.2, 0.25) is 0 Å².